The summed E-state index contributed by atoms with van der Waals surface area (Å²) in [5.41, 5.74) is 7.72. The fourth-order valence-corrected chi connectivity index (χ4v) is 2.28. The van der Waals surface area contributed by atoms with Gasteiger partial charge >= 0.3 is 0 Å². The molecule has 0 atom stereocenters. The first kappa shape index (κ1) is 13.6. The van der Waals surface area contributed by atoms with E-state index in [0.29, 0.717) is 10.7 Å². The minimum atomic E-state index is -3.27. The van der Waals surface area contributed by atoms with Crippen molar-refractivity contribution in [1.29, 1.82) is 0 Å². The summed E-state index contributed by atoms with van der Waals surface area (Å²) >= 11 is 5.90. The molecule has 0 unspecified atom stereocenters. The number of halogens is 1. The second kappa shape index (κ2) is 5.07. The van der Waals surface area contributed by atoms with Gasteiger partial charge in [-0.1, -0.05) is 23.7 Å². The molecule has 0 saturated carbocycles. The van der Waals surface area contributed by atoms with Crippen LogP contribution in [0.5, 0.6) is 0 Å². The van der Waals surface area contributed by atoms with Gasteiger partial charge in [0.05, 0.1) is 11.3 Å². The van der Waals surface area contributed by atoms with E-state index in [2.05, 4.69) is 9.71 Å². The van der Waals surface area contributed by atoms with E-state index >= 15 is 0 Å². The van der Waals surface area contributed by atoms with Gasteiger partial charge in [-0.05, 0) is 23.8 Å². The van der Waals surface area contributed by atoms with Gasteiger partial charge in [0.15, 0.2) is 0 Å². The first-order chi connectivity index (χ1) is 8.85. The van der Waals surface area contributed by atoms with Crippen molar-refractivity contribution in [3.05, 3.63) is 41.6 Å². The van der Waals surface area contributed by atoms with Crippen molar-refractivity contribution in [2.24, 2.45) is 0 Å². The zero-order chi connectivity index (χ0) is 14.0. The highest BCUT2D eigenvalue weighted by Gasteiger charge is 2.04. The highest BCUT2D eigenvalue weighted by Crippen LogP contribution is 2.26. The van der Waals surface area contributed by atoms with Crippen molar-refractivity contribution in [1.82, 2.24) is 4.98 Å². The van der Waals surface area contributed by atoms with Gasteiger partial charge in [0.25, 0.3) is 0 Å². The summed E-state index contributed by atoms with van der Waals surface area (Å²) in [6, 6.07) is 8.60. The lowest BCUT2D eigenvalue weighted by Gasteiger charge is -2.06. The standard InChI is InChI=1S/C12H12ClN3O2S/c1-19(17,18)16-10-4-2-8(3-5-10)9-6-11(13)12(14)15-7-9/h2-7,16H,1H3,(H2,14,15). The van der Waals surface area contributed by atoms with Crippen LogP contribution in [-0.4, -0.2) is 19.7 Å². The summed E-state index contributed by atoms with van der Waals surface area (Å²) in [4.78, 5) is 3.97. The summed E-state index contributed by atoms with van der Waals surface area (Å²) in [6.45, 7) is 0. The topological polar surface area (TPSA) is 85.1 Å². The Morgan fingerprint density at radius 1 is 1.21 bits per heavy atom. The fourth-order valence-electron chi connectivity index (χ4n) is 1.55. The van der Waals surface area contributed by atoms with E-state index < -0.39 is 10.0 Å². The maximum absolute atomic E-state index is 11.1. The second-order valence-corrected chi connectivity index (χ2v) is 6.20. The Morgan fingerprint density at radius 3 is 2.37 bits per heavy atom. The maximum atomic E-state index is 11.1. The molecule has 0 amide bonds. The molecule has 2 aromatic rings. The van der Waals surface area contributed by atoms with Gasteiger partial charge in [-0.2, -0.15) is 0 Å². The Labute approximate surface area is 116 Å². The molecule has 7 heteroatoms. The number of nitrogens with zero attached hydrogens (tertiary/aromatic N) is 1. The lowest BCUT2D eigenvalue weighted by Crippen LogP contribution is -2.09. The van der Waals surface area contributed by atoms with Crippen LogP contribution in [0.25, 0.3) is 11.1 Å². The molecule has 100 valence electrons. The number of nitrogens with one attached hydrogen (secondary N) is 1. The molecule has 5 nitrogen and oxygen atoms in total. The van der Waals surface area contributed by atoms with Gasteiger partial charge in [-0.3, -0.25) is 4.72 Å². The highest BCUT2D eigenvalue weighted by molar-refractivity contribution is 7.92. The molecule has 1 heterocycles. The number of hydrogen-bond acceptors (Lipinski definition) is 4. The van der Waals surface area contributed by atoms with Crippen molar-refractivity contribution in [3.8, 4) is 11.1 Å². The fraction of sp³-hybridized carbons (Fsp3) is 0.0833. The molecular weight excluding hydrogens is 286 g/mol. The molecule has 1 aromatic carbocycles. The minimum Gasteiger partial charge on any atom is -0.382 e. The number of nitrogens with two attached hydrogens (primary N) is 1. The number of hydrogen-bond donors (Lipinski definition) is 2. The van der Waals surface area contributed by atoms with Crippen LogP contribution in [0.4, 0.5) is 11.5 Å². The lowest BCUT2D eigenvalue weighted by molar-refractivity contribution is 0.607. The number of nitrogen functional groups attached to an aromatic ring is 1. The first-order valence-corrected chi connectivity index (χ1v) is 7.61. The number of benzene rings is 1. The van der Waals surface area contributed by atoms with Gasteiger partial charge in [-0.25, -0.2) is 13.4 Å². The number of sulfonamides is 1. The summed E-state index contributed by atoms with van der Waals surface area (Å²) in [5.74, 6) is 0.278. The Balaban J connectivity index is 2.29. The molecule has 2 rings (SSSR count). The smallest absolute Gasteiger partial charge is 0.229 e. The molecule has 0 aliphatic heterocycles. The normalized spacial score (nSPS) is 11.3. The van der Waals surface area contributed by atoms with E-state index in [0.717, 1.165) is 17.4 Å². The third kappa shape index (κ3) is 3.59. The third-order valence-electron chi connectivity index (χ3n) is 2.39. The summed E-state index contributed by atoms with van der Waals surface area (Å²) in [5, 5.41) is 0.385. The molecule has 0 spiro atoms. The summed E-state index contributed by atoms with van der Waals surface area (Å²) in [6.07, 6.45) is 2.71. The predicted octanol–water partition coefficient (Wildman–Crippen LogP) is 2.36. The number of pyridine rings is 1. The van der Waals surface area contributed by atoms with Gasteiger partial charge in [0.2, 0.25) is 10.0 Å². The number of aromatic nitrogens is 1. The van der Waals surface area contributed by atoms with Crippen LogP contribution in [0.1, 0.15) is 0 Å². The largest absolute Gasteiger partial charge is 0.382 e. The highest BCUT2D eigenvalue weighted by atomic mass is 35.5. The molecule has 0 bridgehead atoms. The van der Waals surface area contributed by atoms with Crippen LogP contribution < -0.4 is 10.5 Å². The number of anilines is 2. The Kier molecular flexibility index (Phi) is 3.64. The van der Waals surface area contributed by atoms with Crippen molar-refractivity contribution >= 4 is 33.1 Å². The average Bonchev–Trinajstić information content (AvgIpc) is 2.32. The minimum absolute atomic E-state index is 0.278. The molecule has 0 fully saturated rings. The van der Waals surface area contributed by atoms with Crippen LogP contribution in [0.3, 0.4) is 0 Å². The summed E-state index contributed by atoms with van der Waals surface area (Å²) in [7, 11) is -3.27. The third-order valence-corrected chi connectivity index (χ3v) is 3.30. The van der Waals surface area contributed by atoms with E-state index in [1.54, 1.807) is 36.5 Å². The predicted molar refractivity (Wildman–Crippen MR) is 77.6 cm³/mol. The average molecular weight is 298 g/mol. The Bertz CT molecular complexity index is 699. The van der Waals surface area contributed by atoms with E-state index in [-0.39, 0.29) is 5.82 Å². The maximum Gasteiger partial charge on any atom is 0.229 e. The molecular formula is C12H12ClN3O2S. The van der Waals surface area contributed by atoms with Crippen LogP contribution in [0, 0.1) is 0 Å². The Hall–Kier alpha value is -1.79. The molecule has 3 N–H and O–H groups in total. The first-order valence-electron chi connectivity index (χ1n) is 5.34. The second-order valence-electron chi connectivity index (χ2n) is 4.04. The molecule has 0 saturated heterocycles. The molecule has 1 aromatic heterocycles. The van der Waals surface area contributed by atoms with E-state index in [9.17, 15) is 8.42 Å². The van der Waals surface area contributed by atoms with Crippen molar-refractivity contribution < 1.29 is 8.42 Å². The van der Waals surface area contributed by atoms with E-state index in [4.69, 9.17) is 17.3 Å². The van der Waals surface area contributed by atoms with Crippen molar-refractivity contribution in [2.45, 2.75) is 0 Å². The molecule has 0 aliphatic rings. The van der Waals surface area contributed by atoms with Crippen LogP contribution in [0.15, 0.2) is 36.5 Å². The quantitative estimate of drug-likeness (QED) is 0.910. The Morgan fingerprint density at radius 2 is 1.84 bits per heavy atom. The zero-order valence-corrected chi connectivity index (χ0v) is 11.7. The van der Waals surface area contributed by atoms with E-state index in [1.807, 2.05) is 0 Å². The van der Waals surface area contributed by atoms with E-state index in [1.165, 1.54) is 0 Å². The van der Waals surface area contributed by atoms with Crippen molar-refractivity contribution in [3.63, 3.8) is 0 Å². The van der Waals surface area contributed by atoms with Gasteiger partial charge in [0.1, 0.15) is 5.82 Å². The van der Waals surface area contributed by atoms with Crippen LogP contribution in [0.2, 0.25) is 5.02 Å². The van der Waals surface area contributed by atoms with Gasteiger partial charge in [-0.15, -0.1) is 0 Å². The van der Waals surface area contributed by atoms with Gasteiger partial charge < -0.3 is 5.73 Å². The zero-order valence-electron chi connectivity index (χ0n) is 10.1. The van der Waals surface area contributed by atoms with Gasteiger partial charge in [0, 0.05) is 17.4 Å². The SMILES string of the molecule is CS(=O)(=O)Nc1ccc(-c2cnc(N)c(Cl)c2)cc1. The molecule has 0 radical (unpaired) electrons. The van der Waals surface area contributed by atoms with Crippen LogP contribution in [-0.2, 0) is 10.0 Å². The lowest BCUT2D eigenvalue weighted by atomic mass is 10.1. The molecule has 0 aliphatic carbocycles. The van der Waals surface area contributed by atoms with Crippen molar-refractivity contribution in [2.75, 3.05) is 16.7 Å². The summed E-state index contributed by atoms with van der Waals surface area (Å²) < 4.78 is 24.6. The monoisotopic (exact) mass is 297 g/mol. The molecule has 19 heavy (non-hydrogen) atoms. The number of rotatable bonds is 3. The van der Waals surface area contributed by atoms with Crippen LogP contribution >= 0.6 is 11.6 Å².